The summed E-state index contributed by atoms with van der Waals surface area (Å²) in [5.74, 6) is 0.390. The van der Waals surface area contributed by atoms with E-state index in [1.807, 2.05) is 11.9 Å². The first kappa shape index (κ1) is 15.7. The highest BCUT2D eigenvalue weighted by atomic mass is 16.5. The normalized spacial score (nSPS) is 31.0. The summed E-state index contributed by atoms with van der Waals surface area (Å²) in [5, 5.41) is 0. The van der Waals surface area contributed by atoms with Crippen LogP contribution >= 0.6 is 0 Å². The van der Waals surface area contributed by atoms with E-state index in [-0.39, 0.29) is 17.9 Å². The van der Waals surface area contributed by atoms with E-state index in [9.17, 15) is 4.79 Å². The molecule has 3 atom stereocenters. The van der Waals surface area contributed by atoms with Crippen LogP contribution in [-0.2, 0) is 9.53 Å². The highest BCUT2D eigenvalue weighted by Crippen LogP contribution is 2.23. The van der Waals surface area contributed by atoms with Crippen molar-refractivity contribution in [1.29, 1.82) is 0 Å². The Morgan fingerprint density at radius 1 is 1.35 bits per heavy atom. The van der Waals surface area contributed by atoms with E-state index >= 15 is 0 Å². The third kappa shape index (κ3) is 3.51. The average molecular weight is 283 g/mol. The fraction of sp³-hybridized carbons (Fsp3) is 0.933. The number of amides is 1. The van der Waals surface area contributed by atoms with Gasteiger partial charge in [-0.25, -0.2) is 0 Å². The van der Waals surface area contributed by atoms with Gasteiger partial charge in [0.15, 0.2) is 0 Å². The zero-order valence-corrected chi connectivity index (χ0v) is 13.0. The molecule has 2 N–H and O–H groups in total. The van der Waals surface area contributed by atoms with Gasteiger partial charge in [0.2, 0.25) is 5.91 Å². The van der Waals surface area contributed by atoms with E-state index in [4.69, 9.17) is 10.5 Å². The van der Waals surface area contributed by atoms with Crippen LogP contribution in [0.4, 0.5) is 0 Å². The third-order valence-electron chi connectivity index (χ3n) is 5.13. The SMILES string of the molecule is CC1CC(N(C)C(=O)C(N)C2CCOCC2)CCN1C. The maximum absolute atomic E-state index is 12.6. The number of likely N-dealkylation sites (N-methyl/N-ethyl adjacent to an activating group) is 1. The summed E-state index contributed by atoms with van der Waals surface area (Å²) in [6.07, 6.45) is 3.90. The maximum Gasteiger partial charge on any atom is 0.239 e. The molecule has 2 aliphatic heterocycles. The van der Waals surface area contributed by atoms with Crippen molar-refractivity contribution in [3.05, 3.63) is 0 Å². The lowest BCUT2D eigenvalue weighted by Gasteiger charge is -2.40. The molecule has 1 amide bonds. The van der Waals surface area contributed by atoms with Gasteiger partial charge in [-0.05, 0) is 45.6 Å². The molecule has 5 heteroatoms. The van der Waals surface area contributed by atoms with Gasteiger partial charge in [-0.2, -0.15) is 0 Å². The minimum atomic E-state index is -0.362. The zero-order chi connectivity index (χ0) is 14.7. The van der Waals surface area contributed by atoms with Gasteiger partial charge >= 0.3 is 0 Å². The van der Waals surface area contributed by atoms with Gasteiger partial charge in [-0.1, -0.05) is 0 Å². The van der Waals surface area contributed by atoms with Crippen molar-refractivity contribution >= 4 is 5.91 Å². The van der Waals surface area contributed by atoms with E-state index in [1.54, 1.807) is 0 Å². The second-order valence-electron chi connectivity index (χ2n) is 6.43. The van der Waals surface area contributed by atoms with Gasteiger partial charge in [-0.3, -0.25) is 4.79 Å². The Morgan fingerprint density at radius 3 is 2.60 bits per heavy atom. The molecule has 3 unspecified atom stereocenters. The van der Waals surface area contributed by atoms with Crippen molar-refractivity contribution in [1.82, 2.24) is 9.80 Å². The maximum atomic E-state index is 12.6. The van der Waals surface area contributed by atoms with Crippen LogP contribution in [-0.4, -0.2) is 67.7 Å². The number of carbonyl (C=O) groups is 1. The first-order valence-electron chi connectivity index (χ1n) is 7.81. The predicted octanol–water partition coefficient (Wildman–Crippen LogP) is 0.681. The lowest BCUT2D eigenvalue weighted by atomic mass is 9.90. The number of nitrogens with zero attached hydrogens (tertiary/aromatic N) is 2. The number of hydrogen-bond acceptors (Lipinski definition) is 4. The number of nitrogens with two attached hydrogens (primary N) is 1. The lowest BCUT2D eigenvalue weighted by Crippen LogP contribution is -2.54. The molecule has 5 nitrogen and oxygen atoms in total. The highest BCUT2D eigenvalue weighted by molar-refractivity contribution is 5.82. The molecule has 116 valence electrons. The Balaban J connectivity index is 1.90. The molecule has 0 aromatic heterocycles. The highest BCUT2D eigenvalue weighted by Gasteiger charge is 2.33. The van der Waals surface area contributed by atoms with E-state index < -0.39 is 0 Å². The van der Waals surface area contributed by atoms with Crippen molar-refractivity contribution in [2.75, 3.05) is 33.9 Å². The summed E-state index contributed by atoms with van der Waals surface area (Å²) in [5.41, 5.74) is 6.20. The smallest absolute Gasteiger partial charge is 0.239 e. The summed E-state index contributed by atoms with van der Waals surface area (Å²) in [6.45, 7) is 4.75. The Hall–Kier alpha value is -0.650. The van der Waals surface area contributed by atoms with Crippen molar-refractivity contribution in [2.45, 2.75) is 50.7 Å². The number of carbonyl (C=O) groups excluding carboxylic acids is 1. The molecule has 0 aromatic carbocycles. The van der Waals surface area contributed by atoms with Crippen LogP contribution in [0, 0.1) is 5.92 Å². The molecule has 2 aliphatic rings. The molecule has 0 bridgehead atoms. The topological polar surface area (TPSA) is 58.8 Å². The first-order chi connectivity index (χ1) is 9.50. The average Bonchev–Trinajstić information content (AvgIpc) is 2.48. The molecule has 2 fully saturated rings. The van der Waals surface area contributed by atoms with Crippen LogP contribution in [0.5, 0.6) is 0 Å². The van der Waals surface area contributed by atoms with E-state index in [0.717, 1.165) is 45.4 Å². The van der Waals surface area contributed by atoms with Crippen molar-refractivity contribution in [3.63, 3.8) is 0 Å². The van der Waals surface area contributed by atoms with Gasteiger partial charge in [0.1, 0.15) is 0 Å². The summed E-state index contributed by atoms with van der Waals surface area (Å²) in [6, 6.07) is 0.502. The largest absolute Gasteiger partial charge is 0.381 e. The molecule has 0 aliphatic carbocycles. The van der Waals surface area contributed by atoms with Crippen LogP contribution in [0.25, 0.3) is 0 Å². The molecular weight excluding hydrogens is 254 g/mol. The molecule has 2 rings (SSSR count). The molecule has 0 saturated carbocycles. The molecule has 2 saturated heterocycles. The van der Waals surface area contributed by atoms with Crippen LogP contribution in [0.1, 0.15) is 32.6 Å². The number of rotatable bonds is 3. The zero-order valence-electron chi connectivity index (χ0n) is 13.0. The number of ether oxygens (including phenoxy) is 1. The van der Waals surface area contributed by atoms with Gasteiger partial charge < -0.3 is 20.3 Å². The predicted molar refractivity (Wildman–Crippen MR) is 79.4 cm³/mol. The molecule has 20 heavy (non-hydrogen) atoms. The Kier molecular flexibility index (Phi) is 5.41. The second-order valence-corrected chi connectivity index (χ2v) is 6.43. The van der Waals surface area contributed by atoms with Gasteiger partial charge in [0.05, 0.1) is 6.04 Å². The second kappa shape index (κ2) is 6.87. The van der Waals surface area contributed by atoms with Crippen LogP contribution < -0.4 is 5.73 Å². The fourth-order valence-corrected chi connectivity index (χ4v) is 3.31. The standard InChI is InChI=1S/C15H29N3O2/c1-11-10-13(4-7-17(11)2)18(3)15(19)14(16)12-5-8-20-9-6-12/h11-14H,4-10,16H2,1-3H3. The van der Waals surface area contributed by atoms with Crippen molar-refractivity contribution < 1.29 is 9.53 Å². The van der Waals surface area contributed by atoms with Crippen molar-refractivity contribution in [3.8, 4) is 0 Å². The monoisotopic (exact) mass is 283 g/mol. The van der Waals surface area contributed by atoms with Gasteiger partial charge in [0, 0.05) is 38.9 Å². The van der Waals surface area contributed by atoms with Gasteiger partial charge in [0.25, 0.3) is 0 Å². The van der Waals surface area contributed by atoms with Gasteiger partial charge in [-0.15, -0.1) is 0 Å². The lowest BCUT2D eigenvalue weighted by molar-refractivity contribution is -0.136. The number of hydrogen-bond donors (Lipinski definition) is 1. The van der Waals surface area contributed by atoms with E-state index in [2.05, 4.69) is 18.9 Å². The minimum absolute atomic E-state index is 0.110. The van der Waals surface area contributed by atoms with Crippen LogP contribution in [0.15, 0.2) is 0 Å². The Bertz CT molecular complexity index is 331. The van der Waals surface area contributed by atoms with E-state index in [1.165, 1.54) is 0 Å². The van der Waals surface area contributed by atoms with Crippen molar-refractivity contribution in [2.24, 2.45) is 11.7 Å². The molecule has 0 spiro atoms. The fourth-order valence-electron chi connectivity index (χ4n) is 3.31. The Labute approximate surface area is 122 Å². The third-order valence-corrected chi connectivity index (χ3v) is 5.13. The molecule has 0 radical (unpaired) electrons. The van der Waals surface area contributed by atoms with Crippen LogP contribution in [0.2, 0.25) is 0 Å². The summed E-state index contributed by atoms with van der Waals surface area (Å²) in [7, 11) is 4.07. The summed E-state index contributed by atoms with van der Waals surface area (Å²) >= 11 is 0. The number of likely N-dealkylation sites (tertiary alicyclic amines) is 1. The van der Waals surface area contributed by atoms with E-state index in [0.29, 0.717) is 12.1 Å². The van der Waals surface area contributed by atoms with Crippen LogP contribution in [0.3, 0.4) is 0 Å². The summed E-state index contributed by atoms with van der Waals surface area (Å²) < 4.78 is 5.35. The molecule has 0 aromatic rings. The Morgan fingerprint density at radius 2 is 2.00 bits per heavy atom. The summed E-state index contributed by atoms with van der Waals surface area (Å²) in [4.78, 5) is 16.8. The minimum Gasteiger partial charge on any atom is -0.381 e. The number of piperidine rings is 1. The molecular formula is C15H29N3O2. The quantitative estimate of drug-likeness (QED) is 0.827. The molecule has 2 heterocycles. The first-order valence-corrected chi connectivity index (χ1v) is 7.81.